The number of aryl methyl sites for hydroxylation is 1. The smallest absolute Gasteiger partial charge is 0.0656 e. The Labute approximate surface area is 143 Å². The summed E-state index contributed by atoms with van der Waals surface area (Å²) >= 11 is 10.5. The SMILES string of the molecule is CCCNC(Cc1ccc(C)cc1Cl)c1csc(I)c1. The van der Waals surface area contributed by atoms with Crippen LogP contribution in [0.15, 0.2) is 29.6 Å². The Kier molecular flexibility index (Phi) is 6.33. The summed E-state index contributed by atoms with van der Waals surface area (Å²) in [6, 6.07) is 8.94. The van der Waals surface area contributed by atoms with Crippen LogP contribution in [-0.2, 0) is 6.42 Å². The minimum Gasteiger partial charge on any atom is -0.310 e. The molecular weight excluding hydrogens is 401 g/mol. The fourth-order valence-corrected chi connectivity index (χ4v) is 3.91. The van der Waals surface area contributed by atoms with Gasteiger partial charge in [-0.15, -0.1) is 11.3 Å². The topological polar surface area (TPSA) is 12.0 Å². The van der Waals surface area contributed by atoms with Gasteiger partial charge in [0.05, 0.1) is 2.88 Å². The Balaban J connectivity index is 2.18. The summed E-state index contributed by atoms with van der Waals surface area (Å²) in [5, 5.41) is 6.75. The number of hydrogen-bond donors (Lipinski definition) is 1. The van der Waals surface area contributed by atoms with Gasteiger partial charge in [0.1, 0.15) is 0 Å². The van der Waals surface area contributed by atoms with Crippen molar-refractivity contribution in [3.63, 3.8) is 0 Å². The molecule has 108 valence electrons. The third-order valence-corrected chi connectivity index (χ3v) is 5.42. The largest absolute Gasteiger partial charge is 0.310 e. The number of hydrogen-bond acceptors (Lipinski definition) is 2. The van der Waals surface area contributed by atoms with Crippen molar-refractivity contribution in [2.45, 2.75) is 32.7 Å². The third kappa shape index (κ3) is 4.45. The first kappa shape index (κ1) is 16.3. The summed E-state index contributed by atoms with van der Waals surface area (Å²) in [6.45, 7) is 5.30. The second kappa shape index (κ2) is 7.78. The minimum absolute atomic E-state index is 0.343. The van der Waals surface area contributed by atoms with Crippen molar-refractivity contribution in [2.75, 3.05) is 6.54 Å². The molecule has 1 aromatic heterocycles. The van der Waals surface area contributed by atoms with E-state index < -0.39 is 0 Å². The van der Waals surface area contributed by atoms with Gasteiger partial charge in [-0.3, -0.25) is 0 Å². The van der Waals surface area contributed by atoms with Crippen LogP contribution in [0.25, 0.3) is 0 Å². The number of benzene rings is 1. The van der Waals surface area contributed by atoms with Crippen LogP contribution >= 0.6 is 45.5 Å². The van der Waals surface area contributed by atoms with Crippen LogP contribution in [0.5, 0.6) is 0 Å². The summed E-state index contributed by atoms with van der Waals surface area (Å²) in [6.07, 6.45) is 2.07. The number of nitrogens with one attached hydrogen (secondary N) is 1. The molecule has 4 heteroatoms. The highest BCUT2D eigenvalue weighted by Crippen LogP contribution is 2.28. The summed E-state index contributed by atoms with van der Waals surface area (Å²) in [5.41, 5.74) is 3.79. The summed E-state index contributed by atoms with van der Waals surface area (Å²) in [5.74, 6) is 0. The molecule has 0 aliphatic heterocycles. The Hall–Kier alpha value is -0.100. The van der Waals surface area contributed by atoms with Crippen LogP contribution in [-0.4, -0.2) is 6.54 Å². The van der Waals surface area contributed by atoms with E-state index in [1.807, 2.05) is 6.07 Å². The molecule has 0 radical (unpaired) electrons. The zero-order valence-corrected chi connectivity index (χ0v) is 15.5. The highest BCUT2D eigenvalue weighted by Gasteiger charge is 2.15. The van der Waals surface area contributed by atoms with Gasteiger partial charge in [0.25, 0.3) is 0 Å². The highest BCUT2D eigenvalue weighted by atomic mass is 127. The van der Waals surface area contributed by atoms with Crippen molar-refractivity contribution in [1.82, 2.24) is 5.32 Å². The van der Waals surface area contributed by atoms with Crippen molar-refractivity contribution in [3.05, 3.63) is 54.2 Å². The van der Waals surface area contributed by atoms with E-state index in [9.17, 15) is 0 Å². The van der Waals surface area contributed by atoms with E-state index >= 15 is 0 Å². The van der Waals surface area contributed by atoms with Gasteiger partial charge in [-0.05, 0) is 83.1 Å². The molecule has 0 bridgehead atoms. The van der Waals surface area contributed by atoms with Gasteiger partial charge in [0, 0.05) is 11.1 Å². The van der Waals surface area contributed by atoms with Gasteiger partial charge in [-0.2, -0.15) is 0 Å². The zero-order valence-electron chi connectivity index (χ0n) is 11.7. The minimum atomic E-state index is 0.343. The molecular formula is C16H19ClINS. The molecule has 0 saturated heterocycles. The standard InChI is InChI=1S/C16H19ClINS/c1-3-6-19-15(13-9-16(18)20-10-13)8-12-5-4-11(2)7-14(12)17/h4-5,7,9-10,15,19H,3,6,8H2,1-2H3. The lowest BCUT2D eigenvalue weighted by Gasteiger charge is -2.18. The quantitative estimate of drug-likeness (QED) is 0.601. The first-order valence-corrected chi connectivity index (χ1v) is 9.16. The Bertz CT molecular complexity index is 567. The molecule has 0 aliphatic rings. The van der Waals surface area contributed by atoms with E-state index in [0.29, 0.717) is 6.04 Å². The summed E-state index contributed by atoms with van der Waals surface area (Å²) in [7, 11) is 0. The van der Waals surface area contributed by atoms with E-state index in [4.69, 9.17) is 11.6 Å². The predicted octanol–water partition coefficient (Wildman–Crippen LogP) is 5.60. The lowest BCUT2D eigenvalue weighted by molar-refractivity contribution is 0.530. The average Bonchev–Trinajstić information content (AvgIpc) is 2.83. The molecule has 1 heterocycles. The third-order valence-electron chi connectivity index (χ3n) is 3.26. The van der Waals surface area contributed by atoms with E-state index in [0.717, 1.165) is 24.4 Å². The van der Waals surface area contributed by atoms with Gasteiger partial charge in [-0.1, -0.05) is 30.7 Å². The summed E-state index contributed by atoms with van der Waals surface area (Å²) < 4.78 is 1.33. The second-order valence-corrected chi connectivity index (χ2v) is 8.20. The van der Waals surface area contributed by atoms with Crippen LogP contribution in [0.4, 0.5) is 0 Å². The molecule has 1 atom stereocenters. The van der Waals surface area contributed by atoms with Crippen LogP contribution in [0, 0.1) is 9.81 Å². The van der Waals surface area contributed by atoms with Crippen LogP contribution in [0.2, 0.25) is 5.02 Å². The second-order valence-electron chi connectivity index (χ2n) is 4.99. The highest BCUT2D eigenvalue weighted by molar-refractivity contribution is 14.1. The molecule has 2 aromatic rings. The van der Waals surface area contributed by atoms with E-state index in [2.05, 4.69) is 65.3 Å². The average molecular weight is 420 g/mol. The lowest BCUT2D eigenvalue weighted by Crippen LogP contribution is -2.23. The molecule has 1 nitrogen and oxygen atoms in total. The molecule has 0 saturated carbocycles. The van der Waals surface area contributed by atoms with E-state index in [1.165, 1.54) is 19.6 Å². The van der Waals surface area contributed by atoms with Crippen molar-refractivity contribution < 1.29 is 0 Å². The zero-order chi connectivity index (χ0) is 14.5. The first-order chi connectivity index (χ1) is 9.60. The fraction of sp³-hybridized carbons (Fsp3) is 0.375. The lowest BCUT2D eigenvalue weighted by atomic mass is 10.00. The Morgan fingerprint density at radius 2 is 2.15 bits per heavy atom. The van der Waals surface area contributed by atoms with Gasteiger partial charge >= 0.3 is 0 Å². The molecule has 0 fully saturated rings. The maximum atomic E-state index is 6.37. The molecule has 20 heavy (non-hydrogen) atoms. The molecule has 1 aromatic carbocycles. The van der Waals surface area contributed by atoms with Gasteiger partial charge < -0.3 is 5.32 Å². The molecule has 1 N–H and O–H groups in total. The molecule has 0 amide bonds. The summed E-state index contributed by atoms with van der Waals surface area (Å²) in [4.78, 5) is 0. The normalized spacial score (nSPS) is 12.6. The molecule has 2 rings (SSSR count). The van der Waals surface area contributed by atoms with Crippen LogP contribution in [0.1, 0.15) is 36.1 Å². The molecule has 0 spiro atoms. The van der Waals surface area contributed by atoms with Crippen LogP contribution in [0.3, 0.4) is 0 Å². The van der Waals surface area contributed by atoms with E-state index in [1.54, 1.807) is 11.3 Å². The van der Waals surface area contributed by atoms with Crippen LogP contribution < -0.4 is 5.32 Å². The number of thiophene rings is 1. The monoisotopic (exact) mass is 419 g/mol. The number of rotatable bonds is 6. The Morgan fingerprint density at radius 1 is 1.35 bits per heavy atom. The van der Waals surface area contributed by atoms with Crippen molar-refractivity contribution in [1.29, 1.82) is 0 Å². The van der Waals surface area contributed by atoms with E-state index in [-0.39, 0.29) is 0 Å². The number of halogens is 2. The molecule has 0 aliphatic carbocycles. The predicted molar refractivity (Wildman–Crippen MR) is 98.0 cm³/mol. The van der Waals surface area contributed by atoms with Gasteiger partial charge in [-0.25, -0.2) is 0 Å². The van der Waals surface area contributed by atoms with Crippen molar-refractivity contribution in [3.8, 4) is 0 Å². The fourth-order valence-electron chi connectivity index (χ4n) is 2.17. The van der Waals surface area contributed by atoms with Gasteiger partial charge in [0.2, 0.25) is 0 Å². The maximum absolute atomic E-state index is 6.37. The molecule has 1 unspecified atom stereocenters. The van der Waals surface area contributed by atoms with Gasteiger partial charge in [0.15, 0.2) is 0 Å². The first-order valence-electron chi connectivity index (χ1n) is 6.82. The van der Waals surface area contributed by atoms with Crippen molar-refractivity contribution in [2.24, 2.45) is 0 Å². The maximum Gasteiger partial charge on any atom is 0.0656 e. The Morgan fingerprint density at radius 3 is 2.75 bits per heavy atom. The van der Waals surface area contributed by atoms with Crippen molar-refractivity contribution >= 4 is 45.5 Å².